The van der Waals surface area contributed by atoms with Crippen molar-refractivity contribution in [1.29, 1.82) is 0 Å². The second-order valence-electron chi connectivity index (χ2n) is 5.31. The van der Waals surface area contributed by atoms with Gasteiger partial charge in [0.05, 0.1) is 18.4 Å². The lowest BCUT2D eigenvalue weighted by Crippen LogP contribution is -2.53. The molecule has 1 unspecified atom stereocenters. The summed E-state index contributed by atoms with van der Waals surface area (Å²) in [5.41, 5.74) is 1.73. The summed E-state index contributed by atoms with van der Waals surface area (Å²) in [6, 6.07) is 7.65. The average molecular weight is 289 g/mol. The van der Waals surface area contributed by atoms with Gasteiger partial charge in [-0.2, -0.15) is 0 Å². The van der Waals surface area contributed by atoms with Crippen molar-refractivity contribution in [2.75, 3.05) is 44.7 Å². The van der Waals surface area contributed by atoms with E-state index >= 15 is 0 Å². The number of hydrogen-bond donors (Lipinski definition) is 1. The van der Waals surface area contributed by atoms with Gasteiger partial charge in [0.25, 0.3) is 0 Å². The van der Waals surface area contributed by atoms with Crippen molar-refractivity contribution in [2.24, 2.45) is 0 Å². The fourth-order valence-electron chi connectivity index (χ4n) is 2.73. The summed E-state index contributed by atoms with van der Waals surface area (Å²) < 4.78 is 5.78. The molecule has 6 heteroatoms. The van der Waals surface area contributed by atoms with Crippen LogP contribution >= 0.6 is 0 Å². The largest absolute Gasteiger partial charge is 0.371 e. The van der Waals surface area contributed by atoms with E-state index in [1.807, 2.05) is 24.3 Å². The van der Waals surface area contributed by atoms with Crippen molar-refractivity contribution in [3.63, 3.8) is 0 Å². The van der Waals surface area contributed by atoms with Gasteiger partial charge in [-0.15, -0.1) is 0 Å². The zero-order valence-corrected chi connectivity index (χ0v) is 12.0. The normalized spacial score (nSPS) is 23.6. The minimum Gasteiger partial charge on any atom is -0.371 e. The van der Waals surface area contributed by atoms with Crippen LogP contribution in [0.2, 0.25) is 0 Å². The third-order valence-electron chi connectivity index (χ3n) is 3.94. The molecule has 2 aliphatic heterocycles. The van der Waals surface area contributed by atoms with Gasteiger partial charge in [0, 0.05) is 38.8 Å². The molecule has 0 radical (unpaired) electrons. The molecule has 6 nitrogen and oxygen atoms in total. The summed E-state index contributed by atoms with van der Waals surface area (Å²) in [5, 5.41) is 3.29. The van der Waals surface area contributed by atoms with E-state index in [1.54, 1.807) is 11.9 Å². The number of likely N-dealkylation sites (N-methyl/N-ethyl adjacent to an activating group) is 1. The van der Waals surface area contributed by atoms with Gasteiger partial charge in [0.15, 0.2) is 0 Å². The van der Waals surface area contributed by atoms with Crippen LogP contribution < -0.4 is 10.2 Å². The molecule has 0 saturated carbocycles. The van der Waals surface area contributed by atoms with Crippen LogP contribution in [-0.4, -0.2) is 56.5 Å². The highest BCUT2D eigenvalue weighted by atomic mass is 16.5. The number of nitrogens with one attached hydrogen (secondary N) is 1. The number of hydrogen-bond acceptors (Lipinski definition) is 4. The molecule has 1 aromatic rings. The second kappa shape index (κ2) is 5.83. The van der Waals surface area contributed by atoms with Crippen LogP contribution in [0.15, 0.2) is 24.3 Å². The molecule has 2 amide bonds. The Labute approximate surface area is 123 Å². The van der Waals surface area contributed by atoms with Crippen molar-refractivity contribution in [2.45, 2.75) is 6.10 Å². The van der Waals surface area contributed by atoms with E-state index in [4.69, 9.17) is 4.74 Å². The number of amides is 2. The van der Waals surface area contributed by atoms with Crippen molar-refractivity contribution < 1.29 is 14.3 Å². The van der Waals surface area contributed by atoms with E-state index < -0.39 is 11.8 Å². The van der Waals surface area contributed by atoms with Crippen LogP contribution in [0, 0.1) is 0 Å². The first kappa shape index (κ1) is 14.0. The summed E-state index contributed by atoms with van der Waals surface area (Å²) in [6.07, 6.45) is -0.0856. The third kappa shape index (κ3) is 2.64. The molecule has 1 aromatic carbocycles. The van der Waals surface area contributed by atoms with Gasteiger partial charge in [-0.25, -0.2) is 0 Å². The van der Waals surface area contributed by atoms with Crippen molar-refractivity contribution in [3.8, 4) is 0 Å². The second-order valence-corrected chi connectivity index (χ2v) is 5.31. The van der Waals surface area contributed by atoms with E-state index in [0.717, 1.165) is 17.8 Å². The van der Waals surface area contributed by atoms with Crippen LogP contribution in [0.5, 0.6) is 0 Å². The molecule has 1 atom stereocenters. The summed E-state index contributed by atoms with van der Waals surface area (Å²) in [6.45, 7) is 3.26. The molecule has 0 aromatic heterocycles. The maximum absolute atomic E-state index is 12.2. The molecule has 0 bridgehead atoms. The van der Waals surface area contributed by atoms with Gasteiger partial charge in [-0.1, -0.05) is 18.2 Å². The fraction of sp³-hybridized carbons (Fsp3) is 0.467. The molecule has 21 heavy (non-hydrogen) atoms. The summed E-state index contributed by atoms with van der Waals surface area (Å²) in [5.74, 6) is -0.932. The molecule has 3 rings (SSSR count). The highest BCUT2D eigenvalue weighted by Gasteiger charge is 2.33. The number of morpholine rings is 1. The molecule has 1 N–H and O–H groups in total. The quantitative estimate of drug-likeness (QED) is 0.788. The number of piperazine rings is 1. The minimum atomic E-state index is -0.472. The number of para-hydroxylation sites is 1. The fourth-order valence-corrected chi connectivity index (χ4v) is 2.73. The predicted molar refractivity (Wildman–Crippen MR) is 78.0 cm³/mol. The van der Waals surface area contributed by atoms with E-state index in [1.165, 1.54) is 4.90 Å². The first-order valence-corrected chi connectivity index (χ1v) is 7.16. The third-order valence-corrected chi connectivity index (χ3v) is 3.94. The van der Waals surface area contributed by atoms with E-state index in [-0.39, 0.29) is 6.10 Å². The Kier molecular flexibility index (Phi) is 3.90. The van der Waals surface area contributed by atoms with Crippen LogP contribution in [0.25, 0.3) is 0 Å². The lowest BCUT2D eigenvalue weighted by Gasteiger charge is -2.34. The first-order valence-electron chi connectivity index (χ1n) is 7.16. The molecule has 0 aliphatic carbocycles. The van der Waals surface area contributed by atoms with Gasteiger partial charge in [0.2, 0.25) is 0 Å². The summed E-state index contributed by atoms with van der Waals surface area (Å²) >= 11 is 0. The Morgan fingerprint density at radius 2 is 2.00 bits per heavy atom. The Balaban J connectivity index is 1.91. The van der Waals surface area contributed by atoms with Crippen molar-refractivity contribution in [1.82, 2.24) is 10.2 Å². The molecule has 112 valence electrons. The van der Waals surface area contributed by atoms with Crippen LogP contribution in [0.1, 0.15) is 11.7 Å². The van der Waals surface area contributed by atoms with Crippen molar-refractivity contribution in [3.05, 3.63) is 29.8 Å². The van der Waals surface area contributed by atoms with Gasteiger partial charge in [-0.05, 0) is 6.07 Å². The standard InChI is InChI=1S/C15H19N3O3/c1-17-7-8-18(15(20)14(17)19)12-5-3-2-4-11(12)13-10-16-6-9-21-13/h2-5,13,16H,6-10H2,1H3. The number of nitrogens with zero attached hydrogens (tertiary/aromatic N) is 2. The monoisotopic (exact) mass is 289 g/mol. The Bertz CT molecular complexity index is 555. The molecule has 2 aliphatic rings. The van der Waals surface area contributed by atoms with E-state index in [9.17, 15) is 9.59 Å². The number of anilines is 1. The minimum absolute atomic E-state index is 0.0856. The van der Waals surface area contributed by atoms with Gasteiger partial charge in [-0.3, -0.25) is 9.59 Å². The average Bonchev–Trinajstić information content (AvgIpc) is 2.54. The zero-order valence-electron chi connectivity index (χ0n) is 12.0. The Morgan fingerprint density at radius 1 is 1.19 bits per heavy atom. The number of rotatable bonds is 2. The van der Waals surface area contributed by atoms with Crippen LogP contribution in [-0.2, 0) is 14.3 Å². The molecule has 0 spiro atoms. The first-order chi connectivity index (χ1) is 10.2. The number of carbonyl (C=O) groups excluding carboxylic acids is 2. The molecular weight excluding hydrogens is 270 g/mol. The molecular formula is C15H19N3O3. The van der Waals surface area contributed by atoms with Crippen molar-refractivity contribution >= 4 is 17.5 Å². The summed E-state index contributed by atoms with van der Waals surface area (Å²) in [4.78, 5) is 27.2. The van der Waals surface area contributed by atoms with E-state index in [0.29, 0.717) is 26.2 Å². The molecule has 2 heterocycles. The summed E-state index contributed by atoms with van der Waals surface area (Å²) in [7, 11) is 1.65. The van der Waals surface area contributed by atoms with Gasteiger partial charge >= 0.3 is 11.8 Å². The number of ether oxygens (including phenoxy) is 1. The molecule has 2 saturated heterocycles. The van der Waals surface area contributed by atoms with Gasteiger partial charge in [0.1, 0.15) is 0 Å². The number of benzene rings is 1. The Hall–Kier alpha value is -1.92. The highest BCUT2D eigenvalue weighted by molar-refractivity contribution is 6.41. The smallest absolute Gasteiger partial charge is 0.316 e. The lowest BCUT2D eigenvalue weighted by molar-refractivity contribution is -0.145. The lowest BCUT2D eigenvalue weighted by atomic mass is 10.0. The Morgan fingerprint density at radius 3 is 2.76 bits per heavy atom. The maximum atomic E-state index is 12.2. The number of carbonyl (C=O) groups is 2. The zero-order chi connectivity index (χ0) is 14.8. The highest BCUT2D eigenvalue weighted by Crippen LogP contribution is 2.30. The van der Waals surface area contributed by atoms with E-state index in [2.05, 4.69) is 5.32 Å². The van der Waals surface area contributed by atoms with Gasteiger partial charge < -0.3 is 19.9 Å². The maximum Gasteiger partial charge on any atom is 0.316 e. The van der Waals surface area contributed by atoms with Crippen LogP contribution in [0.4, 0.5) is 5.69 Å². The SMILES string of the molecule is CN1CCN(c2ccccc2C2CNCCO2)C(=O)C1=O. The topological polar surface area (TPSA) is 61.9 Å². The van der Waals surface area contributed by atoms with Crippen LogP contribution in [0.3, 0.4) is 0 Å². The predicted octanol–water partition coefficient (Wildman–Crippen LogP) is 0.152. The molecule has 2 fully saturated rings.